The van der Waals surface area contributed by atoms with Gasteiger partial charge in [-0.05, 0) is 89.9 Å². The van der Waals surface area contributed by atoms with Crippen LogP contribution < -0.4 is 0 Å². The molecule has 6 heteroatoms. The summed E-state index contributed by atoms with van der Waals surface area (Å²) in [4.78, 5) is 38.1. The van der Waals surface area contributed by atoms with Crippen molar-refractivity contribution in [1.82, 2.24) is 0 Å². The first-order chi connectivity index (χ1) is 40.5. The van der Waals surface area contributed by atoms with Crippen molar-refractivity contribution in [2.45, 2.75) is 341 Å². The first-order valence-electron chi connectivity index (χ1n) is 34.9. The van der Waals surface area contributed by atoms with Crippen LogP contribution in [-0.4, -0.2) is 37.2 Å². The molecule has 0 fully saturated rings. The van der Waals surface area contributed by atoms with E-state index in [1.54, 1.807) is 0 Å². The first-order valence-corrected chi connectivity index (χ1v) is 34.9. The highest BCUT2D eigenvalue weighted by atomic mass is 16.6. The minimum absolute atomic E-state index is 0.0818. The Kier molecular flexibility index (Phi) is 66.2. The molecule has 1 unspecified atom stereocenters. The minimum Gasteiger partial charge on any atom is -0.462 e. The summed E-state index contributed by atoms with van der Waals surface area (Å²) in [6.45, 7) is 6.49. The van der Waals surface area contributed by atoms with Crippen molar-refractivity contribution in [2.24, 2.45) is 0 Å². The molecule has 0 saturated carbocycles. The Hall–Kier alpha value is -3.93. The predicted octanol–water partition coefficient (Wildman–Crippen LogP) is 24.2. The second-order valence-electron chi connectivity index (χ2n) is 23.1. The fraction of sp³-hybridized carbons (Fsp3) is 0.724. The first kappa shape index (κ1) is 78.1. The number of ether oxygens (including phenoxy) is 3. The Morgan fingerprint density at radius 2 is 0.476 bits per heavy atom. The Morgan fingerprint density at radius 1 is 0.256 bits per heavy atom. The maximum Gasteiger partial charge on any atom is 0.306 e. The van der Waals surface area contributed by atoms with E-state index in [0.717, 1.165) is 135 Å². The zero-order valence-corrected chi connectivity index (χ0v) is 54.0. The highest BCUT2D eigenvalue weighted by Gasteiger charge is 2.19. The standard InChI is InChI=1S/C76H130O6/c1-4-7-10-13-16-18-20-22-24-26-28-30-32-34-35-36-37-38-39-40-41-43-44-46-48-50-52-54-56-58-60-63-66-69-75(78)81-72-73(71-80-74(77)68-65-62-15-12-9-6-3)82-76(79)70-67-64-61-59-57-55-53-51-49-47-45-42-33-31-29-27-25-23-21-19-17-14-11-8-5-2/h7,10,16,18,22,24,28,30,34-35,37-38,40-41,44,46,50,52,73H,4-6,8-9,11-15,17,19-21,23,25-27,29,31-33,36,39,42-43,45,47-49,51,53-72H2,1-3H3/b10-7-,18-16-,24-22-,30-28-,35-34-,38-37-,41-40-,46-44-,52-50-. The Labute approximate surface area is 508 Å². The highest BCUT2D eigenvalue weighted by molar-refractivity contribution is 5.71. The van der Waals surface area contributed by atoms with Crippen LogP contribution in [0.2, 0.25) is 0 Å². The molecule has 0 rings (SSSR count). The quantitative estimate of drug-likeness (QED) is 0.0261. The van der Waals surface area contributed by atoms with E-state index in [1.807, 2.05) is 0 Å². The van der Waals surface area contributed by atoms with E-state index in [0.29, 0.717) is 19.3 Å². The molecule has 0 aliphatic carbocycles. The average molecular weight is 1140 g/mol. The molecule has 0 aromatic rings. The summed E-state index contributed by atoms with van der Waals surface area (Å²) in [5.41, 5.74) is 0. The Bertz CT molecular complexity index is 1640. The summed E-state index contributed by atoms with van der Waals surface area (Å²) in [7, 11) is 0. The van der Waals surface area contributed by atoms with Gasteiger partial charge in [-0.2, -0.15) is 0 Å². The zero-order valence-electron chi connectivity index (χ0n) is 54.0. The molecule has 0 bridgehead atoms. The van der Waals surface area contributed by atoms with Gasteiger partial charge in [0, 0.05) is 19.3 Å². The highest BCUT2D eigenvalue weighted by Crippen LogP contribution is 2.17. The molecule has 0 aliphatic heterocycles. The zero-order chi connectivity index (χ0) is 59.2. The van der Waals surface area contributed by atoms with Crippen LogP contribution in [0.25, 0.3) is 0 Å². The molecule has 0 radical (unpaired) electrons. The van der Waals surface area contributed by atoms with E-state index in [4.69, 9.17) is 14.2 Å². The normalized spacial score (nSPS) is 12.8. The average Bonchev–Trinajstić information content (AvgIpc) is 3.47. The van der Waals surface area contributed by atoms with Crippen LogP contribution in [-0.2, 0) is 28.6 Å². The van der Waals surface area contributed by atoms with Crippen LogP contribution in [0.5, 0.6) is 0 Å². The SMILES string of the molecule is CC/C=C\C/C=C\C/C=C\C/C=C\C/C=C\C/C=C\C/C=C\C/C=C\C/C=C\CCCCCCCC(=O)OCC(COC(=O)CCCCCCCC)OC(=O)CCCCCCCCCCCCCCCCCCCCCCCCCCC. The van der Waals surface area contributed by atoms with Crippen molar-refractivity contribution in [3.63, 3.8) is 0 Å². The molecule has 0 heterocycles. The van der Waals surface area contributed by atoms with Gasteiger partial charge in [-0.25, -0.2) is 0 Å². The number of hydrogen-bond donors (Lipinski definition) is 0. The van der Waals surface area contributed by atoms with Crippen LogP contribution in [0.15, 0.2) is 109 Å². The predicted molar refractivity (Wildman–Crippen MR) is 357 cm³/mol. The van der Waals surface area contributed by atoms with Crippen LogP contribution in [0.3, 0.4) is 0 Å². The van der Waals surface area contributed by atoms with Gasteiger partial charge in [-0.15, -0.1) is 0 Å². The molecular weight excluding hydrogens is 1010 g/mol. The lowest BCUT2D eigenvalue weighted by Crippen LogP contribution is -2.30. The van der Waals surface area contributed by atoms with E-state index in [1.165, 1.54) is 161 Å². The Balaban J connectivity index is 4.10. The summed E-state index contributed by atoms with van der Waals surface area (Å²) in [6.07, 6.45) is 95.8. The summed E-state index contributed by atoms with van der Waals surface area (Å²) in [6, 6.07) is 0. The molecule has 0 spiro atoms. The summed E-state index contributed by atoms with van der Waals surface area (Å²) < 4.78 is 16.8. The topological polar surface area (TPSA) is 78.9 Å². The molecule has 0 aromatic heterocycles. The molecule has 470 valence electrons. The van der Waals surface area contributed by atoms with Crippen molar-refractivity contribution in [3.05, 3.63) is 109 Å². The van der Waals surface area contributed by atoms with Crippen LogP contribution in [0.1, 0.15) is 335 Å². The number of esters is 3. The lowest BCUT2D eigenvalue weighted by Gasteiger charge is -2.18. The lowest BCUT2D eigenvalue weighted by atomic mass is 10.0. The largest absolute Gasteiger partial charge is 0.462 e. The Morgan fingerprint density at radius 3 is 0.744 bits per heavy atom. The molecule has 0 saturated heterocycles. The van der Waals surface area contributed by atoms with Crippen molar-refractivity contribution >= 4 is 17.9 Å². The van der Waals surface area contributed by atoms with Gasteiger partial charge in [-0.3, -0.25) is 14.4 Å². The smallest absolute Gasteiger partial charge is 0.306 e. The van der Waals surface area contributed by atoms with Crippen molar-refractivity contribution in [1.29, 1.82) is 0 Å². The molecule has 0 aliphatic rings. The van der Waals surface area contributed by atoms with Gasteiger partial charge in [0.2, 0.25) is 0 Å². The van der Waals surface area contributed by atoms with Gasteiger partial charge >= 0.3 is 17.9 Å². The van der Waals surface area contributed by atoms with Crippen LogP contribution >= 0.6 is 0 Å². The fourth-order valence-electron chi connectivity index (χ4n) is 9.85. The van der Waals surface area contributed by atoms with E-state index >= 15 is 0 Å². The number of unbranched alkanes of at least 4 members (excludes halogenated alkanes) is 34. The van der Waals surface area contributed by atoms with E-state index < -0.39 is 6.10 Å². The van der Waals surface area contributed by atoms with Gasteiger partial charge in [0.1, 0.15) is 13.2 Å². The number of rotatable bonds is 63. The van der Waals surface area contributed by atoms with Gasteiger partial charge < -0.3 is 14.2 Å². The number of carbonyl (C=O) groups excluding carboxylic acids is 3. The molecule has 0 amide bonds. The molecule has 6 nitrogen and oxygen atoms in total. The third-order valence-corrected chi connectivity index (χ3v) is 15.0. The molecule has 0 aromatic carbocycles. The molecular formula is C76H130O6. The van der Waals surface area contributed by atoms with Crippen LogP contribution in [0.4, 0.5) is 0 Å². The summed E-state index contributed by atoms with van der Waals surface area (Å²) >= 11 is 0. The molecule has 0 N–H and O–H groups in total. The summed E-state index contributed by atoms with van der Waals surface area (Å²) in [5.74, 6) is -0.899. The number of hydrogen-bond acceptors (Lipinski definition) is 6. The monoisotopic (exact) mass is 1140 g/mol. The van der Waals surface area contributed by atoms with Gasteiger partial charge in [0.15, 0.2) is 6.10 Å². The van der Waals surface area contributed by atoms with Gasteiger partial charge in [0.25, 0.3) is 0 Å². The van der Waals surface area contributed by atoms with E-state index in [-0.39, 0.29) is 31.1 Å². The maximum absolute atomic E-state index is 12.9. The fourth-order valence-corrected chi connectivity index (χ4v) is 9.85. The van der Waals surface area contributed by atoms with Crippen LogP contribution in [0, 0.1) is 0 Å². The van der Waals surface area contributed by atoms with E-state index in [2.05, 4.69) is 130 Å². The minimum atomic E-state index is -0.783. The maximum atomic E-state index is 12.9. The van der Waals surface area contributed by atoms with Crippen molar-refractivity contribution < 1.29 is 28.6 Å². The number of allylic oxidation sites excluding steroid dienone is 18. The van der Waals surface area contributed by atoms with Gasteiger partial charge in [-0.1, -0.05) is 336 Å². The van der Waals surface area contributed by atoms with Crippen molar-refractivity contribution in [2.75, 3.05) is 13.2 Å². The molecule has 1 atom stereocenters. The van der Waals surface area contributed by atoms with Gasteiger partial charge in [0.05, 0.1) is 0 Å². The second-order valence-corrected chi connectivity index (χ2v) is 23.1. The number of carbonyl (C=O) groups is 3. The third-order valence-electron chi connectivity index (χ3n) is 15.0. The van der Waals surface area contributed by atoms with Crippen molar-refractivity contribution in [3.8, 4) is 0 Å². The molecule has 82 heavy (non-hydrogen) atoms. The second kappa shape index (κ2) is 69.6. The lowest BCUT2D eigenvalue weighted by molar-refractivity contribution is -0.167. The van der Waals surface area contributed by atoms with E-state index in [9.17, 15) is 14.4 Å². The third kappa shape index (κ3) is 66.9. The summed E-state index contributed by atoms with van der Waals surface area (Å²) in [5, 5.41) is 0.